The van der Waals surface area contributed by atoms with Crippen molar-refractivity contribution in [2.45, 2.75) is 80.2 Å². The number of Topliss-reactive ketones (excluding diaryl/α,β-unsaturated/α-hetero) is 1. The van der Waals surface area contributed by atoms with Crippen molar-refractivity contribution < 1.29 is 25.2 Å². The molecule has 21 heavy (non-hydrogen) atoms. The van der Waals surface area contributed by atoms with Crippen LogP contribution in [0.4, 0.5) is 0 Å². The molecule has 0 aromatic rings. The van der Waals surface area contributed by atoms with Crippen molar-refractivity contribution in [3.8, 4) is 0 Å². The van der Waals surface area contributed by atoms with E-state index in [1.165, 1.54) is 32.1 Å². The van der Waals surface area contributed by atoms with E-state index >= 15 is 0 Å². The molecule has 131 valence electrons. The molecule has 1 radical (unpaired) electrons. The molecule has 0 saturated heterocycles. The van der Waals surface area contributed by atoms with E-state index in [2.05, 4.69) is 5.32 Å². The maximum absolute atomic E-state index is 11.2. The van der Waals surface area contributed by atoms with E-state index in [4.69, 9.17) is 0 Å². The molecule has 0 amide bonds. The average molecular weight is 729 g/mol. The molecule has 1 aliphatic carbocycles. The van der Waals surface area contributed by atoms with Crippen LogP contribution in [0, 0.1) is 20.8 Å². The van der Waals surface area contributed by atoms with Gasteiger partial charge >= 0.3 is 0 Å². The Morgan fingerprint density at radius 2 is 1.33 bits per heavy atom. The average Bonchev–Trinajstić information content (AvgIpc) is 2.36. The van der Waals surface area contributed by atoms with E-state index in [0.717, 1.165) is 0 Å². The third-order valence-electron chi connectivity index (χ3n) is 2.87. The molecule has 1 rings (SSSR count). The molecule has 1 saturated carbocycles. The quantitative estimate of drug-likeness (QED) is 0.399. The fourth-order valence-corrected chi connectivity index (χ4v) is 2.24. The van der Waals surface area contributed by atoms with Gasteiger partial charge in [-0.3, -0.25) is 4.79 Å². The summed E-state index contributed by atoms with van der Waals surface area (Å²) in [6.07, 6.45) is 6.41. The summed E-state index contributed by atoms with van der Waals surface area (Å²) < 4.78 is 0. The number of hydrogen-bond donors (Lipinski definition) is 1. The van der Waals surface area contributed by atoms with Gasteiger partial charge in [-0.1, -0.05) is 54.4 Å². The van der Waals surface area contributed by atoms with Crippen molar-refractivity contribution in [2.24, 2.45) is 5.92 Å². The number of nitrogens with one attached hydrogen (secondary N) is 1. The summed E-state index contributed by atoms with van der Waals surface area (Å²) in [4.78, 5) is 11.2. The topological polar surface area (TPSA) is 29.1 Å². The summed E-state index contributed by atoms with van der Waals surface area (Å²) in [6, 6.07) is 0.116. The third kappa shape index (κ3) is 19.3. The molecule has 0 heterocycles. The molecule has 2 nitrogen and oxygen atoms in total. The van der Waals surface area contributed by atoms with Crippen LogP contribution in [0.1, 0.15) is 74.1 Å². The molecule has 1 atom stereocenters. The molecule has 1 unspecified atom stereocenters. The molecule has 0 aromatic carbocycles. The maximum atomic E-state index is 11.2. The van der Waals surface area contributed by atoms with Crippen LogP contribution in [0.5, 0.6) is 0 Å². The summed E-state index contributed by atoms with van der Waals surface area (Å²) >= 11 is 0. The second-order valence-electron chi connectivity index (χ2n) is 3.78. The Balaban J connectivity index is -0.0000000403. The predicted molar refractivity (Wildman–Crippen MR) is 92.4 cm³/mol. The smallest absolute Gasteiger partial charge is 0.146 e. The van der Waals surface area contributed by atoms with E-state index in [-0.39, 0.29) is 48.7 Å². The molecule has 0 aliphatic heterocycles. The zero-order valence-corrected chi connectivity index (χ0v) is 24.3. The molecule has 1 N–H and O–H groups in total. The Bertz CT molecular complexity index is 163. The summed E-state index contributed by atoms with van der Waals surface area (Å²) in [6.45, 7) is 9.69. The normalized spacial score (nSPS) is 13.2. The number of carbonyl (C=O) groups excluding carboxylic acids is 1. The minimum absolute atomic E-state index is 0. The van der Waals surface area contributed by atoms with Gasteiger partial charge in [-0.25, -0.2) is 0 Å². The standard InChI is InChI=1S/C10H19NO.2C2H6.CH4.2CH3.Re.Rf/c1-8(12)10(11-2)9-6-4-3-5-7-9;2*1-2;;;;;/h9-11H,3-7H2,1-2H3;2*1-2H3;1H4;2*1H3;;/q;;;;2*-1;;. The van der Waals surface area contributed by atoms with Crippen molar-refractivity contribution in [3.63, 3.8) is 0 Å². The minimum atomic E-state index is 0. The number of carbonyl (C=O) groups is 1. The first kappa shape index (κ1) is 42.7. The molecule has 0 spiro atoms. The second-order valence-corrected chi connectivity index (χ2v) is 3.78. The van der Waals surface area contributed by atoms with Gasteiger partial charge in [0, 0.05) is 20.4 Å². The first-order chi connectivity index (χ1) is 7.75. The van der Waals surface area contributed by atoms with Gasteiger partial charge in [0.25, 0.3) is 0 Å². The van der Waals surface area contributed by atoms with E-state index in [1.54, 1.807) is 6.92 Å². The summed E-state index contributed by atoms with van der Waals surface area (Å²) in [7, 11) is 1.89. The fourth-order valence-electron chi connectivity index (χ4n) is 2.24. The predicted octanol–water partition coefficient (Wildman–Crippen LogP) is 5.33. The SMILES string of the molecule is C.CC.CC.CNC(C(C)=O)C1CCCCC1.[CH3-].[CH3-].[Re].[Rf]. The van der Waals surface area contributed by atoms with Crippen LogP contribution >= 0.6 is 0 Å². The van der Waals surface area contributed by atoms with E-state index in [0.29, 0.717) is 11.7 Å². The van der Waals surface area contributed by atoms with Gasteiger partial charge in [-0.15, -0.1) is 0 Å². The van der Waals surface area contributed by atoms with E-state index < -0.39 is 0 Å². The van der Waals surface area contributed by atoms with Gasteiger partial charge < -0.3 is 20.2 Å². The largest absolute Gasteiger partial charge is 0.358 e. The van der Waals surface area contributed by atoms with Crippen LogP contribution in [0.3, 0.4) is 0 Å². The summed E-state index contributed by atoms with van der Waals surface area (Å²) in [5.74, 6) is 0.894. The number of rotatable bonds is 3. The van der Waals surface area contributed by atoms with Crippen LogP contribution in [0.15, 0.2) is 0 Å². The third-order valence-corrected chi connectivity index (χ3v) is 2.87. The zero-order chi connectivity index (χ0) is 13.0. The van der Waals surface area contributed by atoms with Crippen LogP contribution in [-0.4, -0.2) is 18.9 Å². The first-order valence-corrected chi connectivity index (χ1v) is 6.93. The monoisotopic (exact) mass is 729 g/mol. The van der Waals surface area contributed by atoms with Crippen molar-refractivity contribution in [1.82, 2.24) is 5.32 Å². The second kappa shape index (κ2) is 31.6. The molecular formula is C17H41NOReRf-2. The first-order valence-electron chi connectivity index (χ1n) is 6.93. The van der Waals surface area contributed by atoms with Gasteiger partial charge in [-0.2, -0.15) is 0 Å². The number of hydrogen-bond acceptors (Lipinski definition) is 2. The summed E-state index contributed by atoms with van der Waals surface area (Å²) in [5.41, 5.74) is 0. The van der Waals surface area contributed by atoms with Crippen LogP contribution in [0.25, 0.3) is 0 Å². The molecule has 0 aromatic heterocycles. The number of ketones is 1. The zero-order valence-electron chi connectivity index (χ0n) is 15.2. The van der Waals surface area contributed by atoms with E-state index in [9.17, 15) is 4.79 Å². The number of likely N-dealkylation sites (N-methyl/N-ethyl adjacent to an activating group) is 1. The van der Waals surface area contributed by atoms with Gasteiger partial charge in [-0.05, 0) is 32.7 Å². The van der Waals surface area contributed by atoms with Gasteiger partial charge in [0.05, 0.1) is 6.04 Å². The maximum Gasteiger partial charge on any atom is 0.146 e. The molecule has 4 heteroatoms. The van der Waals surface area contributed by atoms with Crippen molar-refractivity contribution >= 4 is 5.78 Å². The fraction of sp³-hybridized carbons (Fsp3) is 0.824. The van der Waals surface area contributed by atoms with Gasteiger partial charge in [0.2, 0.25) is 0 Å². The Hall–Kier alpha value is -0.708. The Kier molecular flexibility index (Phi) is 64.3. The Morgan fingerprint density at radius 3 is 1.57 bits per heavy atom. The minimum Gasteiger partial charge on any atom is -0.358 e. The van der Waals surface area contributed by atoms with Gasteiger partial charge in [0.15, 0.2) is 0 Å². The van der Waals surface area contributed by atoms with Crippen molar-refractivity contribution in [2.75, 3.05) is 7.05 Å². The molecular weight excluding hydrogens is 687 g/mol. The van der Waals surface area contributed by atoms with Crippen LogP contribution in [0.2, 0.25) is 0 Å². The Morgan fingerprint density at radius 1 is 1.00 bits per heavy atom. The van der Waals surface area contributed by atoms with Gasteiger partial charge in [0.1, 0.15) is 5.78 Å². The molecule has 0 bridgehead atoms. The molecule has 1 fully saturated rings. The van der Waals surface area contributed by atoms with E-state index in [1.807, 2.05) is 34.7 Å². The van der Waals surface area contributed by atoms with Crippen LogP contribution in [-0.2, 0) is 25.2 Å². The Labute approximate surface area is 144 Å². The van der Waals surface area contributed by atoms with Crippen LogP contribution < -0.4 is 5.32 Å². The molecule has 1 aliphatic rings. The van der Waals surface area contributed by atoms with Crippen molar-refractivity contribution in [3.05, 3.63) is 14.9 Å². The summed E-state index contributed by atoms with van der Waals surface area (Å²) in [5, 5.41) is 3.12. The van der Waals surface area contributed by atoms with Crippen molar-refractivity contribution in [1.29, 1.82) is 0 Å².